The Kier molecular flexibility index (Phi) is 4.28. The molecule has 1 unspecified atom stereocenters. The molecule has 1 aromatic rings. The van der Waals surface area contributed by atoms with Gasteiger partial charge in [-0.3, -0.25) is 4.79 Å². The first-order valence-electron chi connectivity index (χ1n) is 5.00. The zero-order chi connectivity index (χ0) is 13.0. The van der Waals surface area contributed by atoms with Crippen LogP contribution in [0.5, 0.6) is 5.75 Å². The molecule has 0 spiro atoms. The van der Waals surface area contributed by atoms with Gasteiger partial charge in [-0.05, 0) is 13.0 Å². The van der Waals surface area contributed by atoms with E-state index in [4.69, 9.17) is 20.9 Å². The van der Waals surface area contributed by atoms with Crippen molar-refractivity contribution in [2.24, 2.45) is 5.73 Å². The molecule has 0 aliphatic carbocycles. The molecule has 1 aromatic carbocycles. The van der Waals surface area contributed by atoms with Crippen molar-refractivity contribution >= 4 is 11.6 Å². The lowest BCUT2D eigenvalue weighted by molar-refractivity contribution is 0.0889. The Morgan fingerprint density at radius 2 is 2.18 bits per heavy atom. The van der Waals surface area contributed by atoms with E-state index in [1.54, 1.807) is 6.92 Å². The Balaban J connectivity index is 2.99. The van der Waals surface area contributed by atoms with Crippen molar-refractivity contribution in [2.45, 2.75) is 13.0 Å². The van der Waals surface area contributed by atoms with Gasteiger partial charge in [-0.15, -0.1) is 0 Å². The fourth-order valence-corrected chi connectivity index (χ4v) is 1.36. The van der Waals surface area contributed by atoms with Crippen LogP contribution < -0.4 is 16.2 Å². The van der Waals surface area contributed by atoms with Crippen molar-refractivity contribution in [2.75, 3.05) is 19.5 Å². The summed E-state index contributed by atoms with van der Waals surface area (Å²) in [6, 6.07) is 2.20. The number of ether oxygens (including phenoxy) is 2. The summed E-state index contributed by atoms with van der Waals surface area (Å²) in [4.78, 5) is 11.0. The highest BCUT2D eigenvalue weighted by atomic mass is 19.1. The predicted octanol–water partition coefficient (Wildman–Crippen LogP) is 0.921. The maximum Gasteiger partial charge on any atom is 0.250 e. The molecule has 0 fully saturated rings. The van der Waals surface area contributed by atoms with Crippen LogP contribution in [0.4, 0.5) is 10.1 Å². The molecular weight excluding hydrogens is 227 g/mol. The van der Waals surface area contributed by atoms with Crippen LogP contribution in [-0.2, 0) is 4.74 Å². The van der Waals surface area contributed by atoms with E-state index in [1.807, 2.05) is 0 Å². The van der Waals surface area contributed by atoms with Crippen molar-refractivity contribution < 1.29 is 18.7 Å². The summed E-state index contributed by atoms with van der Waals surface area (Å²) >= 11 is 0. The molecule has 5 nitrogen and oxygen atoms in total. The first kappa shape index (κ1) is 13.2. The van der Waals surface area contributed by atoms with Gasteiger partial charge in [-0.1, -0.05) is 0 Å². The molecule has 4 N–H and O–H groups in total. The van der Waals surface area contributed by atoms with Crippen molar-refractivity contribution in [3.05, 3.63) is 23.5 Å². The number of halogens is 1. The van der Waals surface area contributed by atoms with Crippen molar-refractivity contribution in [3.63, 3.8) is 0 Å². The average Bonchev–Trinajstić information content (AvgIpc) is 2.21. The normalized spacial score (nSPS) is 12.2. The number of benzene rings is 1. The summed E-state index contributed by atoms with van der Waals surface area (Å²) in [7, 11) is 1.51. The number of carbonyl (C=O) groups excluding carboxylic acids is 1. The Hall–Kier alpha value is -1.82. The third-order valence-corrected chi connectivity index (χ3v) is 2.10. The van der Waals surface area contributed by atoms with E-state index < -0.39 is 11.7 Å². The summed E-state index contributed by atoms with van der Waals surface area (Å²) in [5.41, 5.74) is 10.6. The topological polar surface area (TPSA) is 87.6 Å². The standard InChI is InChI=1S/C11H15FN2O3/c1-6(5-16-2)17-10-3-7(11(14)15)9(13)4-8(10)12/h3-4,6H,5,13H2,1-2H3,(H2,14,15). The average molecular weight is 242 g/mol. The lowest BCUT2D eigenvalue weighted by Gasteiger charge is -2.15. The summed E-state index contributed by atoms with van der Waals surface area (Å²) < 4.78 is 23.6. The lowest BCUT2D eigenvalue weighted by Crippen LogP contribution is -2.20. The van der Waals surface area contributed by atoms with E-state index in [0.29, 0.717) is 6.61 Å². The number of carbonyl (C=O) groups is 1. The van der Waals surface area contributed by atoms with Crippen LogP contribution in [0.1, 0.15) is 17.3 Å². The molecule has 0 aliphatic heterocycles. The minimum absolute atomic E-state index is 0.0123. The fraction of sp³-hybridized carbons (Fsp3) is 0.364. The molecular formula is C11H15FN2O3. The van der Waals surface area contributed by atoms with Gasteiger partial charge < -0.3 is 20.9 Å². The maximum atomic E-state index is 13.5. The predicted molar refractivity (Wildman–Crippen MR) is 61.3 cm³/mol. The van der Waals surface area contributed by atoms with Gasteiger partial charge in [0.1, 0.15) is 6.10 Å². The number of primary amides is 1. The van der Waals surface area contributed by atoms with E-state index in [9.17, 15) is 9.18 Å². The Labute approximate surface area is 98.5 Å². The summed E-state index contributed by atoms with van der Waals surface area (Å²) in [5.74, 6) is -1.44. The van der Waals surface area contributed by atoms with Crippen molar-refractivity contribution in [1.29, 1.82) is 0 Å². The van der Waals surface area contributed by atoms with E-state index in [-0.39, 0.29) is 23.1 Å². The number of nitrogen functional groups attached to an aromatic ring is 1. The van der Waals surface area contributed by atoms with Crippen molar-refractivity contribution in [3.8, 4) is 5.75 Å². The monoisotopic (exact) mass is 242 g/mol. The molecule has 1 rings (SSSR count). The van der Waals surface area contributed by atoms with Crippen LogP contribution >= 0.6 is 0 Å². The maximum absolute atomic E-state index is 13.5. The number of anilines is 1. The third-order valence-electron chi connectivity index (χ3n) is 2.10. The van der Waals surface area contributed by atoms with Gasteiger partial charge in [0.05, 0.1) is 12.2 Å². The highest BCUT2D eigenvalue weighted by Gasteiger charge is 2.14. The van der Waals surface area contributed by atoms with Crippen LogP contribution in [0, 0.1) is 5.82 Å². The van der Waals surface area contributed by atoms with E-state index in [2.05, 4.69) is 0 Å². The number of hydrogen-bond donors (Lipinski definition) is 2. The molecule has 94 valence electrons. The largest absolute Gasteiger partial charge is 0.485 e. The molecule has 6 heteroatoms. The second kappa shape index (κ2) is 5.49. The summed E-state index contributed by atoms with van der Waals surface area (Å²) in [5, 5.41) is 0. The number of hydrogen-bond acceptors (Lipinski definition) is 4. The minimum atomic E-state index is -0.730. The molecule has 17 heavy (non-hydrogen) atoms. The van der Waals surface area contributed by atoms with Gasteiger partial charge in [0.2, 0.25) is 0 Å². The molecule has 0 saturated carbocycles. The van der Waals surface area contributed by atoms with Crippen LogP contribution in [0.3, 0.4) is 0 Å². The van der Waals surface area contributed by atoms with Gasteiger partial charge >= 0.3 is 0 Å². The molecule has 0 saturated heterocycles. The van der Waals surface area contributed by atoms with E-state index in [0.717, 1.165) is 6.07 Å². The number of rotatable bonds is 5. The zero-order valence-electron chi connectivity index (χ0n) is 9.70. The zero-order valence-corrected chi connectivity index (χ0v) is 9.70. The van der Waals surface area contributed by atoms with Crippen LogP contribution in [0.25, 0.3) is 0 Å². The van der Waals surface area contributed by atoms with Gasteiger partial charge in [0.25, 0.3) is 5.91 Å². The minimum Gasteiger partial charge on any atom is -0.485 e. The fourth-order valence-electron chi connectivity index (χ4n) is 1.36. The van der Waals surface area contributed by atoms with E-state index >= 15 is 0 Å². The third kappa shape index (κ3) is 3.32. The Bertz CT molecular complexity index is 423. The first-order chi connectivity index (χ1) is 7.95. The quantitative estimate of drug-likeness (QED) is 0.751. The summed E-state index contributed by atoms with van der Waals surface area (Å²) in [6.07, 6.45) is -0.348. The number of nitrogens with two attached hydrogens (primary N) is 2. The van der Waals surface area contributed by atoms with Crippen molar-refractivity contribution in [1.82, 2.24) is 0 Å². The molecule has 1 atom stereocenters. The van der Waals surface area contributed by atoms with Crippen LogP contribution in [0.15, 0.2) is 12.1 Å². The molecule has 0 aliphatic rings. The van der Waals surface area contributed by atoms with Gasteiger partial charge in [0, 0.05) is 18.9 Å². The molecule has 0 radical (unpaired) electrons. The van der Waals surface area contributed by atoms with Gasteiger partial charge in [-0.25, -0.2) is 4.39 Å². The van der Waals surface area contributed by atoms with Crippen LogP contribution in [-0.4, -0.2) is 25.7 Å². The Morgan fingerprint density at radius 3 is 2.71 bits per heavy atom. The smallest absolute Gasteiger partial charge is 0.250 e. The molecule has 0 bridgehead atoms. The second-order valence-corrected chi connectivity index (χ2v) is 3.62. The Morgan fingerprint density at radius 1 is 1.53 bits per heavy atom. The highest BCUT2D eigenvalue weighted by Crippen LogP contribution is 2.24. The second-order valence-electron chi connectivity index (χ2n) is 3.62. The van der Waals surface area contributed by atoms with Crippen LogP contribution in [0.2, 0.25) is 0 Å². The number of methoxy groups -OCH3 is 1. The summed E-state index contributed by atoms with van der Waals surface area (Å²) in [6.45, 7) is 2.01. The highest BCUT2D eigenvalue weighted by molar-refractivity contribution is 5.98. The molecule has 0 aromatic heterocycles. The number of amides is 1. The van der Waals surface area contributed by atoms with Gasteiger partial charge in [0.15, 0.2) is 11.6 Å². The van der Waals surface area contributed by atoms with Gasteiger partial charge in [-0.2, -0.15) is 0 Å². The van der Waals surface area contributed by atoms with E-state index in [1.165, 1.54) is 13.2 Å². The lowest BCUT2D eigenvalue weighted by atomic mass is 10.1. The molecule has 0 heterocycles. The molecule has 1 amide bonds. The SMILES string of the molecule is COCC(C)Oc1cc(C(N)=O)c(N)cc1F. The first-order valence-corrected chi connectivity index (χ1v) is 5.00.